The summed E-state index contributed by atoms with van der Waals surface area (Å²) >= 11 is 0. The zero-order chi connectivity index (χ0) is 11.7. The van der Waals surface area contributed by atoms with Crippen LogP contribution in [0.5, 0.6) is 0 Å². The van der Waals surface area contributed by atoms with Gasteiger partial charge in [0.1, 0.15) is 0 Å². The van der Waals surface area contributed by atoms with Crippen molar-refractivity contribution in [3.05, 3.63) is 0 Å². The van der Waals surface area contributed by atoms with Crippen molar-refractivity contribution in [2.75, 3.05) is 48.3 Å². The van der Waals surface area contributed by atoms with Crippen molar-refractivity contribution in [3.63, 3.8) is 0 Å². The van der Waals surface area contributed by atoms with Crippen LogP contribution in [-0.2, 0) is 0 Å². The molecular formula is C13H31N2+. The van der Waals surface area contributed by atoms with Crippen molar-refractivity contribution in [2.45, 2.75) is 38.5 Å². The first kappa shape index (κ1) is 14.9. The number of unbranched alkanes of at least 4 members (excludes halogenated alkanes) is 5. The highest BCUT2D eigenvalue weighted by atomic mass is 15.3. The van der Waals surface area contributed by atoms with Crippen molar-refractivity contribution in [1.29, 1.82) is 0 Å². The van der Waals surface area contributed by atoms with Crippen LogP contribution >= 0.6 is 0 Å². The van der Waals surface area contributed by atoms with E-state index >= 15 is 0 Å². The van der Waals surface area contributed by atoms with Gasteiger partial charge in [-0.1, -0.05) is 19.3 Å². The van der Waals surface area contributed by atoms with E-state index in [2.05, 4.69) is 40.1 Å². The van der Waals surface area contributed by atoms with Crippen LogP contribution in [0, 0.1) is 0 Å². The summed E-state index contributed by atoms with van der Waals surface area (Å²) in [5.74, 6) is 0. The number of quaternary nitrogens is 1. The van der Waals surface area contributed by atoms with Gasteiger partial charge in [0.15, 0.2) is 0 Å². The van der Waals surface area contributed by atoms with E-state index in [1.54, 1.807) is 0 Å². The fraction of sp³-hybridized carbons (Fsp3) is 1.00. The van der Waals surface area contributed by atoms with E-state index < -0.39 is 0 Å². The molecule has 0 aliphatic heterocycles. The molecule has 0 bridgehead atoms. The average Bonchev–Trinajstić information content (AvgIpc) is 2.07. The minimum Gasteiger partial charge on any atom is -0.331 e. The molecule has 0 rings (SSSR count). The van der Waals surface area contributed by atoms with Crippen LogP contribution in [0.25, 0.3) is 0 Å². The van der Waals surface area contributed by atoms with E-state index in [0.29, 0.717) is 0 Å². The third-order valence-electron chi connectivity index (χ3n) is 2.68. The molecule has 0 saturated heterocycles. The summed E-state index contributed by atoms with van der Waals surface area (Å²) in [7, 11) is 11.1. The fourth-order valence-electron chi connectivity index (χ4n) is 1.72. The van der Waals surface area contributed by atoms with E-state index in [-0.39, 0.29) is 0 Å². The molecular weight excluding hydrogens is 184 g/mol. The second-order valence-electron chi connectivity index (χ2n) is 5.94. The SMILES string of the molecule is CN(C)CCCCCCCC[N+](C)(C)C. The zero-order valence-electron chi connectivity index (χ0n) is 11.6. The van der Waals surface area contributed by atoms with Crippen LogP contribution in [0.15, 0.2) is 0 Å². The van der Waals surface area contributed by atoms with Crippen molar-refractivity contribution < 1.29 is 4.48 Å². The van der Waals surface area contributed by atoms with Gasteiger partial charge in [-0.2, -0.15) is 0 Å². The van der Waals surface area contributed by atoms with Crippen LogP contribution < -0.4 is 0 Å². The van der Waals surface area contributed by atoms with Crippen molar-refractivity contribution in [1.82, 2.24) is 4.90 Å². The molecule has 0 atom stereocenters. The van der Waals surface area contributed by atoms with Crippen LogP contribution in [0.3, 0.4) is 0 Å². The number of hydrogen-bond acceptors (Lipinski definition) is 1. The standard InChI is InChI=1S/C13H31N2/c1-14(2)12-10-8-6-7-9-11-13-15(3,4)5/h6-13H2,1-5H3/q+1. The van der Waals surface area contributed by atoms with E-state index in [1.165, 1.54) is 51.6 Å². The minimum absolute atomic E-state index is 1.11. The maximum Gasteiger partial charge on any atom is 0.0780 e. The first-order chi connectivity index (χ1) is 6.92. The molecule has 0 aliphatic carbocycles. The van der Waals surface area contributed by atoms with E-state index in [0.717, 1.165) is 4.48 Å². The zero-order valence-corrected chi connectivity index (χ0v) is 11.6. The lowest BCUT2D eigenvalue weighted by Gasteiger charge is -2.23. The molecule has 0 aromatic heterocycles. The molecule has 0 saturated carbocycles. The highest BCUT2D eigenvalue weighted by molar-refractivity contribution is 4.48. The smallest absolute Gasteiger partial charge is 0.0780 e. The molecule has 0 radical (unpaired) electrons. The Balaban J connectivity index is 3.06. The molecule has 0 heterocycles. The molecule has 0 aliphatic rings. The number of hydrogen-bond donors (Lipinski definition) is 0. The Hall–Kier alpha value is -0.0800. The number of nitrogens with zero attached hydrogens (tertiary/aromatic N) is 2. The van der Waals surface area contributed by atoms with Gasteiger partial charge < -0.3 is 9.38 Å². The predicted molar refractivity (Wildman–Crippen MR) is 69.2 cm³/mol. The fourth-order valence-corrected chi connectivity index (χ4v) is 1.72. The molecule has 0 fully saturated rings. The van der Waals surface area contributed by atoms with Crippen LogP contribution in [0.2, 0.25) is 0 Å². The molecule has 2 nitrogen and oxygen atoms in total. The molecule has 0 spiro atoms. The van der Waals surface area contributed by atoms with E-state index in [4.69, 9.17) is 0 Å². The highest BCUT2D eigenvalue weighted by Crippen LogP contribution is 2.07. The summed E-state index contributed by atoms with van der Waals surface area (Å²) in [5, 5.41) is 0. The summed E-state index contributed by atoms with van der Waals surface area (Å²) in [6.07, 6.45) is 8.41. The van der Waals surface area contributed by atoms with Gasteiger partial charge in [0.05, 0.1) is 27.7 Å². The molecule has 0 unspecified atom stereocenters. The summed E-state index contributed by atoms with van der Waals surface area (Å²) in [6.45, 7) is 2.57. The molecule has 15 heavy (non-hydrogen) atoms. The molecule has 92 valence electrons. The first-order valence-electron chi connectivity index (χ1n) is 6.37. The van der Waals surface area contributed by atoms with Gasteiger partial charge in [-0.05, 0) is 39.9 Å². The Labute approximate surface area is 96.8 Å². The summed E-state index contributed by atoms with van der Waals surface area (Å²) in [6, 6.07) is 0. The quantitative estimate of drug-likeness (QED) is 0.422. The lowest BCUT2D eigenvalue weighted by Crippen LogP contribution is -2.35. The van der Waals surface area contributed by atoms with Gasteiger partial charge in [0.25, 0.3) is 0 Å². The maximum atomic E-state index is 2.27. The molecule has 0 N–H and O–H groups in total. The third-order valence-corrected chi connectivity index (χ3v) is 2.68. The molecule has 0 aromatic carbocycles. The lowest BCUT2D eigenvalue weighted by molar-refractivity contribution is -0.870. The van der Waals surface area contributed by atoms with Gasteiger partial charge in [0.2, 0.25) is 0 Å². The highest BCUT2D eigenvalue weighted by Gasteiger charge is 2.04. The van der Waals surface area contributed by atoms with Gasteiger partial charge in [0, 0.05) is 0 Å². The van der Waals surface area contributed by atoms with Gasteiger partial charge in [-0.3, -0.25) is 0 Å². The van der Waals surface area contributed by atoms with Crippen molar-refractivity contribution in [3.8, 4) is 0 Å². The summed E-state index contributed by atoms with van der Waals surface area (Å²) in [4.78, 5) is 2.27. The largest absolute Gasteiger partial charge is 0.331 e. The van der Waals surface area contributed by atoms with Crippen LogP contribution in [0.4, 0.5) is 0 Å². The van der Waals surface area contributed by atoms with Crippen LogP contribution in [0.1, 0.15) is 38.5 Å². The Morgan fingerprint density at radius 1 is 0.733 bits per heavy atom. The van der Waals surface area contributed by atoms with Crippen molar-refractivity contribution >= 4 is 0 Å². The monoisotopic (exact) mass is 215 g/mol. The Kier molecular flexibility index (Phi) is 8.07. The third kappa shape index (κ3) is 13.9. The minimum atomic E-state index is 1.11. The van der Waals surface area contributed by atoms with E-state index in [9.17, 15) is 0 Å². The lowest BCUT2D eigenvalue weighted by atomic mass is 10.1. The average molecular weight is 215 g/mol. The predicted octanol–water partition coefficient (Wildman–Crippen LogP) is 2.59. The normalized spacial score (nSPS) is 12.4. The van der Waals surface area contributed by atoms with Gasteiger partial charge in [-0.25, -0.2) is 0 Å². The topological polar surface area (TPSA) is 3.24 Å². The van der Waals surface area contributed by atoms with Gasteiger partial charge in [-0.15, -0.1) is 0 Å². The Morgan fingerprint density at radius 2 is 1.20 bits per heavy atom. The van der Waals surface area contributed by atoms with Gasteiger partial charge >= 0.3 is 0 Å². The molecule has 0 amide bonds. The van der Waals surface area contributed by atoms with Crippen LogP contribution in [-0.4, -0.2) is 57.7 Å². The van der Waals surface area contributed by atoms with Crippen molar-refractivity contribution in [2.24, 2.45) is 0 Å². The van der Waals surface area contributed by atoms with E-state index in [1.807, 2.05) is 0 Å². The Bertz CT molecular complexity index is 136. The second-order valence-corrected chi connectivity index (χ2v) is 5.94. The summed E-state index contributed by atoms with van der Waals surface area (Å²) < 4.78 is 1.11. The molecule has 2 heteroatoms. The maximum absolute atomic E-state index is 2.27. The molecule has 0 aromatic rings. The Morgan fingerprint density at radius 3 is 1.67 bits per heavy atom. The first-order valence-corrected chi connectivity index (χ1v) is 6.37. The summed E-state index contributed by atoms with van der Waals surface area (Å²) in [5.41, 5.74) is 0. The number of rotatable bonds is 9. The second kappa shape index (κ2) is 8.12.